The second-order valence-corrected chi connectivity index (χ2v) is 6.68. The highest BCUT2D eigenvalue weighted by Gasteiger charge is 2.26. The quantitative estimate of drug-likeness (QED) is 0.885. The Morgan fingerprint density at radius 2 is 1.80 bits per heavy atom. The third-order valence-corrected chi connectivity index (χ3v) is 3.47. The molecule has 0 radical (unpaired) electrons. The molecule has 0 aromatic carbocycles. The molecule has 5 heteroatoms. The van der Waals surface area contributed by atoms with E-state index in [4.69, 9.17) is 0 Å². The van der Waals surface area contributed by atoms with Crippen molar-refractivity contribution in [2.75, 3.05) is 18.6 Å². The van der Waals surface area contributed by atoms with Crippen LogP contribution in [0, 0.1) is 0 Å². The van der Waals surface area contributed by atoms with E-state index in [1.54, 1.807) is 18.0 Å². The number of anilines is 1. The number of aromatic nitrogens is 1. The van der Waals surface area contributed by atoms with Crippen molar-refractivity contribution in [1.82, 2.24) is 4.98 Å². The van der Waals surface area contributed by atoms with Crippen LogP contribution < -0.4 is 4.90 Å². The van der Waals surface area contributed by atoms with Crippen LogP contribution in [0.2, 0.25) is 0 Å². The molecule has 0 saturated carbocycles. The maximum atomic E-state index is 11.3. The molecule has 0 unspecified atom stereocenters. The van der Waals surface area contributed by atoms with Crippen LogP contribution in [0.5, 0.6) is 0 Å². The summed E-state index contributed by atoms with van der Waals surface area (Å²) in [6.07, 6.45) is 0. The van der Waals surface area contributed by atoms with E-state index in [9.17, 15) is 15.0 Å². The Morgan fingerprint density at radius 1 is 1.25 bits per heavy atom. The van der Waals surface area contributed by atoms with E-state index in [-0.39, 0.29) is 17.6 Å². The lowest BCUT2D eigenvalue weighted by atomic mass is 9.90. The maximum absolute atomic E-state index is 11.3. The van der Waals surface area contributed by atoms with Gasteiger partial charge in [0.1, 0.15) is 5.82 Å². The summed E-state index contributed by atoms with van der Waals surface area (Å²) in [5.74, 6) is -0.428. The van der Waals surface area contributed by atoms with E-state index in [0.717, 1.165) is 0 Å². The van der Waals surface area contributed by atoms with E-state index in [1.807, 2.05) is 34.6 Å². The van der Waals surface area contributed by atoms with Gasteiger partial charge in [0.2, 0.25) is 0 Å². The SMILES string of the molecule is CN(c1cc(C(=O)O)cc(C(C)(C)C)n1)C(C)(C)CO. The monoisotopic (exact) mass is 280 g/mol. The molecule has 0 aliphatic carbocycles. The van der Waals surface area contributed by atoms with Crippen LogP contribution in [0.25, 0.3) is 0 Å². The summed E-state index contributed by atoms with van der Waals surface area (Å²) in [7, 11) is 1.80. The molecular formula is C15H24N2O3. The number of rotatable bonds is 4. The van der Waals surface area contributed by atoms with Crippen LogP contribution in [0.3, 0.4) is 0 Å². The fraction of sp³-hybridized carbons (Fsp3) is 0.600. The number of pyridine rings is 1. The molecular weight excluding hydrogens is 256 g/mol. The Bertz CT molecular complexity index is 504. The van der Waals surface area contributed by atoms with Gasteiger partial charge in [0.25, 0.3) is 0 Å². The first-order chi connectivity index (χ1) is 8.99. The topological polar surface area (TPSA) is 73.7 Å². The number of carbonyl (C=O) groups is 1. The Balaban J connectivity index is 3.40. The third-order valence-electron chi connectivity index (χ3n) is 3.47. The van der Waals surface area contributed by atoms with Crippen molar-refractivity contribution in [3.8, 4) is 0 Å². The smallest absolute Gasteiger partial charge is 0.335 e. The van der Waals surface area contributed by atoms with Crippen molar-refractivity contribution in [2.24, 2.45) is 0 Å². The summed E-state index contributed by atoms with van der Waals surface area (Å²) >= 11 is 0. The van der Waals surface area contributed by atoms with Crippen LogP contribution >= 0.6 is 0 Å². The fourth-order valence-corrected chi connectivity index (χ4v) is 1.61. The average Bonchev–Trinajstić information content (AvgIpc) is 2.36. The zero-order valence-corrected chi connectivity index (χ0v) is 13.1. The van der Waals surface area contributed by atoms with Gasteiger partial charge in [-0.15, -0.1) is 0 Å². The molecule has 5 nitrogen and oxygen atoms in total. The molecule has 0 saturated heterocycles. The van der Waals surface area contributed by atoms with Gasteiger partial charge >= 0.3 is 5.97 Å². The number of aliphatic hydroxyl groups excluding tert-OH is 1. The lowest BCUT2D eigenvalue weighted by molar-refractivity contribution is 0.0696. The zero-order valence-electron chi connectivity index (χ0n) is 13.1. The van der Waals surface area contributed by atoms with Crippen molar-refractivity contribution in [1.29, 1.82) is 0 Å². The van der Waals surface area contributed by atoms with E-state index in [0.29, 0.717) is 11.5 Å². The molecule has 1 heterocycles. The Kier molecular flexibility index (Phi) is 4.44. The largest absolute Gasteiger partial charge is 0.478 e. The molecule has 0 aliphatic heterocycles. The van der Waals surface area contributed by atoms with Crippen molar-refractivity contribution >= 4 is 11.8 Å². The first-order valence-corrected chi connectivity index (χ1v) is 6.59. The fourth-order valence-electron chi connectivity index (χ4n) is 1.61. The number of carboxylic acids is 1. The number of hydrogen-bond donors (Lipinski definition) is 2. The Morgan fingerprint density at radius 3 is 2.20 bits per heavy atom. The summed E-state index contributed by atoms with van der Waals surface area (Å²) in [5, 5.41) is 18.7. The molecule has 0 aliphatic rings. The molecule has 1 aromatic rings. The molecule has 20 heavy (non-hydrogen) atoms. The van der Waals surface area contributed by atoms with Crippen molar-refractivity contribution < 1.29 is 15.0 Å². The van der Waals surface area contributed by atoms with Gasteiger partial charge in [-0.1, -0.05) is 20.8 Å². The van der Waals surface area contributed by atoms with Gasteiger partial charge < -0.3 is 15.1 Å². The zero-order chi connectivity index (χ0) is 15.7. The van der Waals surface area contributed by atoms with E-state index in [2.05, 4.69) is 4.98 Å². The van der Waals surface area contributed by atoms with Gasteiger partial charge in [0.05, 0.1) is 17.7 Å². The molecule has 0 fully saturated rings. The van der Waals surface area contributed by atoms with E-state index >= 15 is 0 Å². The van der Waals surface area contributed by atoms with Gasteiger partial charge in [-0.05, 0) is 26.0 Å². The number of carboxylic acid groups (broad SMARTS) is 1. The van der Waals surface area contributed by atoms with Crippen LogP contribution in [0.15, 0.2) is 12.1 Å². The van der Waals surface area contributed by atoms with Gasteiger partial charge in [0, 0.05) is 18.2 Å². The first kappa shape index (κ1) is 16.4. The predicted octanol–water partition coefficient (Wildman–Crippen LogP) is 2.28. The van der Waals surface area contributed by atoms with Gasteiger partial charge in [-0.3, -0.25) is 0 Å². The predicted molar refractivity (Wildman–Crippen MR) is 79.5 cm³/mol. The number of likely N-dealkylation sites (N-methyl/N-ethyl adjacent to an activating group) is 1. The summed E-state index contributed by atoms with van der Waals surface area (Å²) in [5.41, 5.74) is 0.164. The van der Waals surface area contributed by atoms with Crippen molar-refractivity contribution in [3.05, 3.63) is 23.4 Å². The lowest BCUT2D eigenvalue weighted by Crippen LogP contribution is -2.45. The molecule has 0 bridgehead atoms. The molecule has 112 valence electrons. The minimum Gasteiger partial charge on any atom is -0.478 e. The summed E-state index contributed by atoms with van der Waals surface area (Å²) < 4.78 is 0. The number of aromatic carboxylic acids is 1. The highest BCUT2D eigenvalue weighted by atomic mass is 16.4. The van der Waals surface area contributed by atoms with Crippen LogP contribution in [0.4, 0.5) is 5.82 Å². The van der Waals surface area contributed by atoms with E-state index < -0.39 is 11.5 Å². The normalized spacial score (nSPS) is 12.3. The highest BCUT2D eigenvalue weighted by Crippen LogP contribution is 2.27. The minimum atomic E-state index is -0.977. The molecule has 1 rings (SSSR count). The van der Waals surface area contributed by atoms with Crippen LogP contribution in [-0.4, -0.2) is 40.4 Å². The molecule has 2 N–H and O–H groups in total. The highest BCUT2D eigenvalue weighted by molar-refractivity contribution is 5.88. The number of nitrogens with zero attached hydrogens (tertiary/aromatic N) is 2. The Labute approximate surface area is 120 Å². The average molecular weight is 280 g/mol. The molecule has 0 spiro atoms. The minimum absolute atomic E-state index is 0.0483. The van der Waals surface area contributed by atoms with Crippen LogP contribution in [-0.2, 0) is 5.41 Å². The lowest BCUT2D eigenvalue weighted by Gasteiger charge is -2.35. The summed E-state index contributed by atoms with van der Waals surface area (Å²) in [6.45, 7) is 9.66. The van der Waals surface area contributed by atoms with E-state index in [1.165, 1.54) is 6.07 Å². The summed E-state index contributed by atoms with van der Waals surface area (Å²) in [4.78, 5) is 17.6. The Hall–Kier alpha value is -1.62. The summed E-state index contributed by atoms with van der Waals surface area (Å²) in [6, 6.07) is 3.14. The van der Waals surface area contributed by atoms with Crippen molar-refractivity contribution in [3.63, 3.8) is 0 Å². The second-order valence-electron chi connectivity index (χ2n) is 6.68. The standard InChI is InChI=1S/C15H24N2O3/c1-14(2,3)11-7-10(13(19)20)8-12(16-11)17(6)15(4,5)9-18/h7-8,18H,9H2,1-6H3,(H,19,20). The molecule has 0 atom stereocenters. The van der Waals surface area contributed by atoms with Crippen molar-refractivity contribution in [2.45, 2.75) is 45.6 Å². The van der Waals surface area contributed by atoms with Gasteiger partial charge in [-0.25, -0.2) is 9.78 Å². The molecule has 0 amide bonds. The van der Waals surface area contributed by atoms with Gasteiger partial charge in [-0.2, -0.15) is 0 Å². The van der Waals surface area contributed by atoms with Crippen LogP contribution in [0.1, 0.15) is 50.7 Å². The number of hydrogen-bond acceptors (Lipinski definition) is 4. The third kappa shape index (κ3) is 3.48. The second kappa shape index (κ2) is 5.40. The number of aliphatic hydroxyl groups is 1. The maximum Gasteiger partial charge on any atom is 0.335 e. The van der Waals surface area contributed by atoms with Gasteiger partial charge in [0.15, 0.2) is 0 Å². The first-order valence-electron chi connectivity index (χ1n) is 6.59. The molecule has 1 aromatic heterocycles.